The predicted octanol–water partition coefficient (Wildman–Crippen LogP) is 7.94. The second kappa shape index (κ2) is 15.7. The molecule has 1 saturated carbocycles. The fourth-order valence-electron chi connectivity index (χ4n) is 4.01. The summed E-state index contributed by atoms with van der Waals surface area (Å²) in [6.45, 7) is 5.28. The summed E-state index contributed by atoms with van der Waals surface area (Å²) in [5, 5.41) is 0. The SMILES string of the molecule is CCCCCCC1CCC(C#CC=CC#Cc2ccc(OCCCCC)cc2)CC1. The lowest BCUT2D eigenvalue weighted by Crippen LogP contribution is -2.13. The molecular weight excluding hydrogens is 364 g/mol. The fraction of sp³-hybridized carbons (Fsp3) is 0.586. The molecule has 30 heavy (non-hydrogen) atoms. The first-order valence-corrected chi connectivity index (χ1v) is 12.2. The van der Waals surface area contributed by atoms with Crippen LogP contribution >= 0.6 is 0 Å². The molecule has 1 aromatic carbocycles. The van der Waals surface area contributed by atoms with E-state index in [1.54, 1.807) is 0 Å². The van der Waals surface area contributed by atoms with Gasteiger partial charge in [0.15, 0.2) is 0 Å². The summed E-state index contributed by atoms with van der Waals surface area (Å²) in [5.41, 5.74) is 1.01. The molecule has 0 bridgehead atoms. The first kappa shape index (κ1) is 24.2. The van der Waals surface area contributed by atoms with Crippen molar-refractivity contribution >= 4 is 0 Å². The van der Waals surface area contributed by atoms with Crippen molar-refractivity contribution in [1.82, 2.24) is 0 Å². The van der Waals surface area contributed by atoms with Crippen LogP contribution in [0.25, 0.3) is 0 Å². The summed E-state index contributed by atoms with van der Waals surface area (Å²) in [4.78, 5) is 0. The van der Waals surface area contributed by atoms with Crippen molar-refractivity contribution in [3.05, 3.63) is 42.0 Å². The van der Waals surface area contributed by atoms with Crippen LogP contribution in [0, 0.1) is 35.5 Å². The molecule has 1 nitrogen and oxygen atoms in total. The van der Waals surface area contributed by atoms with Crippen molar-refractivity contribution in [2.45, 2.75) is 90.9 Å². The highest BCUT2D eigenvalue weighted by Gasteiger charge is 2.19. The maximum atomic E-state index is 5.73. The molecule has 0 spiro atoms. The molecule has 0 radical (unpaired) electrons. The number of ether oxygens (including phenoxy) is 1. The van der Waals surface area contributed by atoms with Gasteiger partial charge in [-0.2, -0.15) is 0 Å². The van der Waals surface area contributed by atoms with Gasteiger partial charge in [0.25, 0.3) is 0 Å². The fourth-order valence-corrected chi connectivity index (χ4v) is 4.01. The third-order valence-electron chi connectivity index (χ3n) is 5.94. The van der Waals surface area contributed by atoms with Crippen molar-refractivity contribution in [2.24, 2.45) is 11.8 Å². The van der Waals surface area contributed by atoms with Crippen LogP contribution in [0.5, 0.6) is 5.75 Å². The highest BCUT2D eigenvalue weighted by Crippen LogP contribution is 2.31. The standard InChI is InChI=1S/C29H40O/c1-3-5-7-10-14-26-17-19-27(20-18-26)15-11-8-9-12-16-28-21-23-29(24-22-28)30-25-13-6-4-2/h8-9,21-24,26-27H,3-7,10,13-14,17-20,25H2,1-2H3. The van der Waals surface area contributed by atoms with Crippen LogP contribution in [0.2, 0.25) is 0 Å². The van der Waals surface area contributed by atoms with Gasteiger partial charge in [-0.25, -0.2) is 0 Å². The third kappa shape index (κ3) is 10.6. The van der Waals surface area contributed by atoms with Crippen molar-refractivity contribution in [2.75, 3.05) is 6.61 Å². The Labute approximate surface area is 185 Å². The summed E-state index contributed by atoms with van der Waals surface area (Å²) in [6.07, 6.45) is 19.6. The quantitative estimate of drug-likeness (QED) is 0.284. The molecule has 1 aromatic rings. The van der Waals surface area contributed by atoms with Gasteiger partial charge in [0.1, 0.15) is 5.75 Å². The zero-order valence-electron chi connectivity index (χ0n) is 19.2. The molecule has 1 fully saturated rings. The number of benzene rings is 1. The Morgan fingerprint density at radius 2 is 1.53 bits per heavy atom. The van der Waals surface area contributed by atoms with Crippen LogP contribution in [0.1, 0.15) is 96.5 Å². The molecule has 1 heteroatoms. The first-order chi connectivity index (χ1) is 14.8. The van der Waals surface area contributed by atoms with E-state index >= 15 is 0 Å². The number of hydrogen-bond donors (Lipinski definition) is 0. The van der Waals surface area contributed by atoms with Gasteiger partial charge in [-0.15, -0.1) is 0 Å². The molecule has 0 amide bonds. The Balaban J connectivity index is 1.64. The molecule has 0 saturated heterocycles. The average molecular weight is 405 g/mol. The van der Waals surface area contributed by atoms with Crippen molar-refractivity contribution in [3.63, 3.8) is 0 Å². The second-order valence-corrected chi connectivity index (χ2v) is 8.54. The minimum absolute atomic E-state index is 0.583. The normalized spacial score (nSPS) is 18.3. The van der Waals surface area contributed by atoms with Gasteiger partial charge in [0.05, 0.1) is 6.61 Å². The van der Waals surface area contributed by atoms with Gasteiger partial charge in [-0.05, 0) is 74.4 Å². The van der Waals surface area contributed by atoms with E-state index in [0.717, 1.165) is 30.3 Å². The van der Waals surface area contributed by atoms with Crippen LogP contribution in [-0.4, -0.2) is 6.61 Å². The Morgan fingerprint density at radius 1 is 0.833 bits per heavy atom. The van der Waals surface area contributed by atoms with E-state index in [-0.39, 0.29) is 0 Å². The van der Waals surface area contributed by atoms with Gasteiger partial charge >= 0.3 is 0 Å². The number of allylic oxidation sites excluding steroid dienone is 2. The molecule has 162 valence electrons. The Hall–Kier alpha value is -2.12. The summed E-state index contributed by atoms with van der Waals surface area (Å²) in [7, 11) is 0. The van der Waals surface area contributed by atoms with Crippen molar-refractivity contribution in [3.8, 4) is 29.4 Å². The third-order valence-corrected chi connectivity index (χ3v) is 5.94. The van der Waals surface area contributed by atoms with Gasteiger partial charge in [0.2, 0.25) is 0 Å². The van der Waals surface area contributed by atoms with Crippen LogP contribution < -0.4 is 4.74 Å². The van der Waals surface area contributed by atoms with E-state index in [1.165, 1.54) is 70.6 Å². The zero-order valence-corrected chi connectivity index (χ0v) is 19.2. The van der Waals surface area contributed by atoms with E-state index in [2.05, 4.69) is 37.5 Å². The molecule has 1 aliphatic carbocycles. The largest absolute Gasteiger partial charge is 0.494 e. The molecule has 2 rings (SSSR count). The summed E-state index contributed by atoms with van der Waals surface area (Å²) in [5.74, 6) is 15.3. The Kier molecular flexibility index (Phi) is 12.6. The van der Waals surface area contributed by atoms with Gasteiger partial charge in [0, 0.05) is 11.5 Å². The minimum atomic E-state index is 0.583. The van der Waals surface area contributed by atoms with E-state index < -0.39 is 0 Å². The van der Waals surface area contributed by atoms with Crippen LogP contribution in [0.15, 0.2) is 36.4 Å². The summed E-state index contributed by atoms with van der Waals surface area (Å²) >= 11 is 0. The van der Waals surface area contributed by atoms with Crippen LogP contribution in [-0.2, 0) is 0 Å². The lowest BCUT2D eigenvalue weighted by atomic mass is 9.80. The molecule has 1 aliphatic rings. The maximum Gasteiger partial charge on any atom is 0.119 e. The minimum Gasteiger partial charge on any atom is -0.494 e. The monoisotopic (exact) mass is 404 g/mol. The molecule has 0 heterocycles. The highest BCUT2D eigenvalue weighted by atomic mass is 16.5. The van der Waals surface area contributed by atoms with Gasteiger partial charge in [-0.1, -0.05) is 82.5 Å². The molecular formula is C29H40O. The van der Waals surface area contributed by atoms with E-state index in [4.69, 9.17) is 4.74 Å². The van der Waals surface area contributed by atoms with Gasteiger partial charge in [-0.3, -0.25) is 0 Å². The van der Waals surface area contributed by atoms with E-state index in [1.807, 2.05) is 36.4 Å². The van der Waals surface area contributed by atoms with Crippen molar-refractivity contribution in [1.29, 1.82) is 0 Å². The summed E-state index contributed by atoms with van der Waals surface area (Å²) < 4.78 is 5.73. The zero-order chi connectivity index (χ0) is 21.3. The smallest absolute Gasteiger partial charge is 0.119 e. The maximum absolute atomic E-state index is 5.73. The summed E-state index contributed by atoms with van der Waals surface area (Å²) in [6, 6.07) is 8.03. The number of rotatable bonds is 10. The predicted molar refractivity (Wildman–Crippen MR) is 129 cm³/mol. The first-order valence-electron chi connectivity index (χ1n) is 12.2. The number of hydrogen-bond acceptors (Lipinski definition) is 1. The average Bonchev–Trinajstić information content (AvgIpc) is 2.78. The highest BCUT2D eigenvalue weighted by molar-refractivity contribution is 5.40. The molecule has 0 aromatic heterocycles. The lowest BCUT2D eigenvalue weighted by Gasteiger charge is -2.25. The molecule has 0 N–H and O–H groups in total. The molecule has 0 atom stereocenters. The van der Waals surface area contributed by atoms with Crippen LogP contribution in [0.3, 0.4) is 0 Å². The van der Waals surface area contributed by atoms with E-state index in [9.17, 15) is 0 Å². The van der Waals surface area contributed by atoms with Crippen LogP contribution in [0.4, 0.5) is 0 Å². The Morgan fingerprint density at radius 3 is 2.27 bits per heavy atom. The molecule has 0 unspecified atom stereocenters. The second-order valence-electron chi connectivity index (χ2n) is 8.54. The lowest BCUT2D eigenvalue weighted by molar-refractivity contribution is 0.294. The van der Waals surface area contributed by atoms with E-state index in [0.29, 0.717) is 5.92 Å². The molecule has 0 aliphatic heterocycles. The topological polar surface area (TPSA) is 9.23 Å². The van der Waals surface area contributed by atoms with Gasteiger partial charge < -0.3 is 4.74 Å². The number of unbranched alkanes of at least 4 members (excludes halogenated alkanes) is 5. The van der Waals surface area contributed by atoms with Crippen molar-refractivity contribution < 1.29 is 4.74 Å². The Bertz CT molecular complexity index is 712.